The average molecular weight is 283 g/mol. The first kappa shape index (κ1) is 16.4. The summed E-state index contributed by atoms with van der Waals surface area (Å²) in [5.41, 5.74) is 0.291. The number of hydrogen-bond donors (Lipinski definition) is 2. The van der Waals surface area contributed by atoms with Gasteiger partial charge in [0.25, 0.3) is 0 Å². The number of aliphatic imine (C=N–C) groups is 1. The number of nitrogens with zero attached hydrogens (tertiary/aromatic N) is 1. The molecular formula is C15H23F2N3. The molecule has 0 heterocycles. The highest BCUT2D eigenvalue weighted by Gasteiger charge is 2.04. The van der Waals surface area contributed by atoms with Crippen molar-refractivity contribution < 1.29 is 8.78 Å². The molecule has 0 saturated heterocycles. The number of hydrogen-bond acceptors (Lipinski definition) is 1. The molecule has 0 radical (unpaired) electrons. The minimum Gasteiger partial charge on any atom is -0.356 e. The number of unbranched alkanes of at least 4 members (excludes halogenated alkanes) is 3. The van der Waals surface area contributed by atoms with Crippen molar-refractivity contribution in [3.05, 3.63) is 35.4 Å². The van der Waals surface area contributed by atoms with Crippen LogP contribution in [0.2, 0.25) is 0 Å². The Morgan fingerprint density at radius 1 is 1.15 bits per heavy atom. The summed E-state index contributed by atoms with van der Waals surface area (Å²) < 4.78 is 26.5. The normalized spacial score (nSPS) is 11.5. The predicted molar refractivity (Wildman–Crippen MR) is 78.7 cm³/mol. The summed E-state index contributed by atoms with van der Waals surface area (Å²) in [4.78, 5) is 4.05. The third kappa shape index (κ3) is 5.99. The lowest BCUT2D eigenvalue weighted by atomic mass is 10.2. The van der Waals surface area contributed by atoms with E-state index in [1.54, 1.807) is 7.05 Å². The molecule has 5 heteroatoms. The number of nitrogens with one attached hydrogen (secondary N) is 2. The number of guanidine groups is 1. The highest BCUT2D eigenvalue weighted by molar-refractivity contribution is 5.79. The van der Waals surface area contributed by atoms with Gasteiger partial charge in [-0.15, -0.1) is 0 Å². The third-order valence-corrected chi connectivity index (χ3v) is 3.00. The predicted octanol–water partition coefficient (Wildman–Crippen LogP) is 3.21. The lowest BCUT2D eigenvalue weighted by Gasteiger charge is -2.12. The monoisotopic (exact) mass is 283 g/mol. The van der Waals surface area contributed by atoms with Gasteiger partial charge in [0.05, 0.1) is 0 Å². The van der Waals surface area contributed by atoms with Crippen LogP contribution in [0.3, 0.4) is 0 Å². The molecule has 1 aromatic rings. The summed E-state index contributed by atoms with van der Waals surface area (Å²) in [6.07, 6.45) is 4.68. The van der Waals surface area contributed by atoms with Gasteiger partial charge in [0, 0.05) is 25.7 Å². The summed E-state index contributed by atoms with van der Waals surface area (Å²) in [5.74, 6) is -0.256. The van der Waals surface area contributed by atoms with Gasteiger partial charge < -0.3 is 10.6 Å². The van der Waals surface area contributed by atoms with Crippen molar-refractivity contribution in [1.82, 2.24) is 10.6 Å². The molecule has 1 aromatic carbocycles. The molecule has 0 atom stereocenters. The largest absolute Gasteiger partial charge is 0.356 e. The first-order valence-corrected chi connectivity index (χ1v) is 7.05. The van der Waals surface area contributed by atoms with Gasteiger partial charge in [0.2, 0.25) is 0 Å². The Kier molecular flexibility index (Phi) is 7.62. The van der Waals surface area contributed by atoms with Crippen LogP contribution in [0.25, 0.3) is 0 Å². The van der Waals surface area contributed by atoms with E-state index in [2.05, 4.69) is 22.5 Å². The van der Waals surface area contributed by atoms with E-state index < -0.39 is 11.6 Å². The zero-order valence-corrected chi connectivity index (χ0v) is 12.2. The fraction of sp³-hybridized carbons (Fsp3) is 0.533. The van der Waals surface area contributed by atoms with E-state index in [1.807, 2.05) is 0 Å². The molecule has 20 heavy (non-hydrogen) atoms. The second-order valence-corrected chi connectivity index (χ2v) is 4.65. The standard InChI is InChI=1S/C15H23F2N3/c1-3-4-5-6-9-19-15(18-2)20-11-12-10-13(16)7-8-14(12)17/h7-8,10H,3-6,9,11H2,1-2H3,(H2,18,19,20). The van der Waals surface area contributed by atoms with E-state index in [0.29, 0.717) is 11.5 Å². The Hall–Kier alpha value is -1.65. The van der Waals surface area contributed by atoms with E-state index in [0.717, 1.165) is 25.1 Å². The van der Waals surface area contributed by atoms with Crippen LogP contribution < -0.4 is 10.6 Å². The number of rotatable bonds is 7. The SMILES string of the molecule is CCCCCCNC(=NC)NCc1cc(F)ccc1F. The van der Waals surface area contributed by atoms with Gasteiger partial charge in [-0.1, -0.05) is 26.2 Å². The third-order valence-electron chi connectivity index (χ3n) is 3.00. The maximum absolute atomic E-state index is 13.4. The highest BCUT2D eigenvalue weighted by Crippen LogP contribution is 2.09. The number of benzene rings is 1. The van der Waals surface area contributed by atoms with Gasteiger partial charge in [-0.25, -0.2) is 8.78 Å². The van der Waals surface area contributed by atoms with Crippen molar-refractivity contribution in [3.63, 3.8) is 0 Å². The molecule has 0 aliphatic rings. The Balaban J connectivity index is 2.36. The lowest BCUT2D eigenvalue weighted by Crippen LogP contribution is -2.37. The van der Waals surface area contributed by atoms with Crippen LogP contribution >= 0.6 is 0 Å². The maximum Gasteiger partial charge on any atom is 0.191 e. The van der Waals surface area contributed by atoms with Gasteiger partial charge in [-0.2, -0.15) is 0 Å². The molecule has 0 bridgehead atoms. The van der Waals surface area contributed by atoms with Gasteiger partial charge in [-0.05, 0) is 24.6 Å². The Labute approximate surface area is 119 Å². The Bertz CT molecular complexity index is 433. The minimum absolute atomic E-state index is 0.207. The van der Waals surface area contributed by atoms with Crippen molar-refractivity contribution in [2.45, 2.75) is 39.2 Å². The zero-order chi connectivity index (χ0) is 14.8. The smallest absolute Gasteiger partial charge is 0.191 e. The molecule has 0 saturated carbocycles. The van der Waals surface area contributed by atoms with Crippen LogP contribution in [0.1, 0.15) is 38.2 Å². The molecule has 1 rings (SSSR count). The van der Waals surface area contributed by atoms with E-state index in [9.17, 15) is 8.78 Å². The molecule has 112 valence electrons. The molecule has 0 aromatic heterocycles. The fourth-order valence-corrected chi connectivity index (χ4v) is 1.84. The quantitative estimate of drug-likeness (QED) is 0.458. The average Bonchev–Trinajstić information content (AvgIpc) is 2.45. The van der Waals surface area contributed by atoms with E-state index in [4.69, 9.17) is 0 Å². The first-order chi connectivity index (χ1) is 9.67. The zero-order valence-electron chi connectivity index (χ0n) is 12.2. The second-order valence-electron chi connectivity index (χ2n) is 4.65. The van der Waals surface area contributed by atoms with Crippen LogP contribution in [0, 0.1) is 11.6 Å². The van der Waals surface area contributed by atoms with Crippen LogP contribution in [0.5, 0.6) is 0 Å². The summed E-state index contributed by atoms with van der Waals surface area (Å²) in [6, 6.07) is 3.43. The van der Waals surface area contributed by atoms with Crippen LogP contribution in [-0.4, -0.2) is 19.6 Å². The molecule has 0 amide bonds. The molecule has 0 spiro atoms. The highest BCUT2D eigenvalue weighted by atomic mass is 19.1. The van der Waals surface area contributed by atoms with Crippen LogP contribution in [0.15, 0.2) is 23.2 Å². The fourth-order valence-electron chi connectivity index (χ4n) is 1.84. The van der Waals surface area contributed by atoms with E-state index in [1.165, 1.54) is 25.3 Å². The van der Waals surface area contributed by atoms with Crippen molar-refractivity contribution >= 4 is 5.96 Å². The minimum atomic E-state index is -0.439. The Morgan fingerprint density at radius 2 is 1.95 bits per heavy atom. The summed E-state index contributed by atoms with van der Waals surface area (Å²) in [6.45, 7) is 3.20. The van der Waals surface area contributed by atoms with Crippen molar-refractivity contribution in [1.29, 1.82) is 0 Å². The Morgan fingerprint density at radius 3 is 2.65 bits per heavy atom. The van der Waals surface area contributed by atoms with Crippen molar-refractivity contribution in [2.75, 3.05) is 13.6 Å². The van der Waals surface area contributed by atoms with E-state index in [-0.39, 0.29) is 6.54 Å². The summed E-state index contributed by atoms with van der Waals surface area (Å²) in [5, 5.41) is 6.13. The molecule has 0 aliphatic heterocycles. The van der Waals surface area contributed by atoms with E-state index >= 15 is 0 Å². The van der Waals surface area contributed by atoms with Crippen LogP contribution in [-0.2, 0) is 6.54 Å². The first-order valence-electron chi connectivity index (χ1n) is 7.05. The molecule has 0 aliphatic carbocycles. The molecule has 2 N–H and O–H groups in total. The van der Waals surface area contributed by atoms with Crippen LogP contribution in [0.4, 0.5) is 8.78 Å². The molecular weight excluding hydrogens is 260 g/mol. The van der Waals surface area contributed by atoms with Crippen molar-refractivity contribution in [3.8, 4) is 0 Å². The second kappa shape index (κ2) is 9.28. The lowest BCUT2D eigenvalue weighted by molar-refractivity contribution is 0.580. The maximum atomic E-state index is 13.4. The molecule has 3 nitrogen and oxygen atoms in total. The molecule has 0 fully saturated rings. The van der Waals surface area contributed by atoms with Gasteiger partial charge >= 0.3 is 0 Å². The summed E-state index contributed by atoms with van der Waals surface area (Å²) >= 11 is 0. The van der Waals surface area contributed by atoms with Gasteiger partial charge in [0.1, 0.15) is 11.6 Å². The molecule has 0 unspecified atom stereocenters. The van der Waals surface area contributed by atoms with Crippen molar-refractivity contribution in [2.24, 2.45) is 4.99 Å². The van der Waals surface area contributed by atoms with Gasteiger partial charge in [-0.3, -0.25) is 4.99 Å². The van der Waals surface area contributed by atoms with Gasteiger partial charge in [0.15, 0.2) is 5.96 Å². The topological polar surface area (TPSA) is 36.4 Å². The number of halogens is 2. The summed E-state index contributed by atoms with van der Waals surface area (Å²) in [7, 11) is 1.66.